The smallest absolute Gasteiger partial charge is 0.309 e. The second-order valence-corrected chi connectivity index (χ2v) is 6.21. The molecule has 2 rings (SSSR count). The van der Waals surface area contributed by atoms with Gasteiger partial charge in [0.2, 0.25) is 0 Å². The summed E-state index contributed by atoms with van der Waals surface area (Å²) in [6, 6.07) is 18.8. The van der Waals surface area contributed by atoms with Crippen molar-refractivity contribution in [1.29, 1.82) is 0 Å². The van der Waals surface area contributed by atoms with Crippen LogP contribution in [0, 0.1) is 5.92 Å². The molecule has 2 aromatic rings. The molecule has 126 valence electrons. The summed E-state index contributed by atoms with van der Waals surface area (Å²) >= 11 is 0. The van der Waals surface area contributed by atoms with Crippen molar-refractivity contribution in [3.05, 3.63) is 71.8 Å². The lowest BCUT2D eigenvalue weighted by Gasteiger charge is -2.23. The molecule has 0 saturated carbocycles. The van der Waals surface area contributed by atoms with Crippen LogP contribution in [0.1, 0.15) is 44.0 Å². The van der Waals surface area contributed by atoms with Gasteiger partial charge in [-0.15, -0.1) is 0 Å². The Balaban J connectivity index is 2.01. The van der Waals surface area contributed by atoms with Crippen LogP contribution in [0.15, 0.2) is 60.7 Å². The first-order valence-corrected chi connectivity index (χ1v) is 8.20. The van der Waals surface area contributed by atoms with Crippen LogP contribution in [-0.2, 0) is 9.59 Å². The first-order valence-electron chi connectivity index (χ1n) is 8.20. The summed E-state index contributed by atoms with van der Waals surface area (Å²) in [7, 11) is 0. The van der Waals surface area contributed by atoms with Crippen LogP contribution in [0.4, 0.5) is 0 Å². The summed E-state index contributed by atoms with van der Waals surface area (Å²) < 4.78 is 0. The minimum atomic E-state index is -0.618. The van der Waals surface area contributed by atoms with Crippen LogP contribution in [0.2, 0.25) is 0 Å². The summed E-state index contributed by atoms with van der Waals surface area (Å²) in [4.78, 5) is 24.5. The highest BCUT2D eigenvalue weighted by molar-refractivity contribution is 6.35. The highest BCUT2D eigenvalue weighted by atomic mass is 16.2. The number of rotatable bonds is 5. The molecule has 0 aliphatic carbocycles. The van der Waals surface area contributed by atoms with Gasteiger partial charge in [0.1, 0.15) is 0 Å². The van der Waals surface area contributed by atoms with Gasteiger partial charge in [-0.3, -0.25) is 9.59 Å². The maximum Gasteiger partial charge on any atom is 0.309 e. The van der Waals surface area contributed by atoms with Gasteiger partial charge in [-0.05, 0) is 24.0 Å². The number of carbonyl (C=O) groups is 2. The van der Waals surface area contributed by atoms with Crippen LogP contribution in [0.25, 0.3) is 0 Å². The van der Waals surface area contributed by atoms with Gasteiger partial charge in [0.25, 0.3) is 0 Å². The minimum Gasteiger partial charge on any atom is -0.341 e. The SMILES string of the molecule is CC(NC(=O)C(=O)NC(c1ccccc1)C(C)C)c1ccccc1. The summed E-state index contributed by atoms with van der Waals surface area (Å²) in [5, 5.41) is 5.58. The van der Waals surface area contributed by atoms with Crippen LogP contribution in [-0.4, -0.2) is 11.8 Å². The number of carbonyl (C=O) groups excluding carboxylic acids is 2. The molecule has 2 atom stereocenters. The molecule has 0 spiro atoms. The van der Waals surface area contributed by atoms with Crippen molar-refractivity contribution in [3.63, 3.8) is 0 Å². The molecule has 2 unspecified atom stereocenters. The van der Waals surface area contributed by atoms with Crippen molar-refractivity contribution < 1.29 is 9.59 Å². The van der Waals surface area contributed by atoms with Gasteiger partial charge in [0.05, 0.1) is 12.1 Å². The summed E-state index contributed by atoms with van der Waals surface area (Å²) in [5.41, 5.74) is 1.95. The Morgan fingerprint density at radius 1 is 0.708 bits per heavy atom. The van der Waals surface area contributed by atoms with Crippen molar-refractivity contribution in [1.82, 2.24) is 10.6 Å². The van der Waals surface area contributed by atoms with Gasteiger partial charge in [-0.25, -0.2) is 0 Å². The van der Waals surface area contributed by atoms with E-state index in [1.807, 2.05) is 81.4 Å². The Kier molecular flexibility index (Phi) is 6.13. The average molecular weight is 324 g/mol. The number of benzene rings is 2. The molecule has 0 fully saturated rings. The topological polar surface area (TPSA) is 58.2 Å². The van der Waals surface area contributed by atoms with E-state index in [2.05, 4.69) is 10.6 Å². The van der Waals surface area contributed by atoms with Crippen molar-refractivity contribution in [2.45, 2.75) is 32.9 Å². The quantitative estimate of drug-likeness (QED) is 0.828. The van der Waals surface area contributed by atoms with E-state index in [9.17, 15) is 9.59 Å². The zero-order valence-corrected chi connectivity index (χ0v) is 14.3. The van der Waals surface area contributed by atoms with Gasteiger partial charge >= 0.3 is 11.8 Å². The molecule has 0 aliphatic heterocycles. The standard InChI is InChI=1S/C20H24N2O2/c1-14(2)18(17-12-8-5-9-13-17)22-20(24)19(23)21-15(3)16-10-6-4-7-11-16/h4-15,18H,1-3H3,(H,21,23)(H,22,24). The van der Waals surface area contributed by atoms with E-state index >= 15 is 0 Å². The van der Waals surface area contributed by atoms with E-state index in [1.165, 1.54) is 0 Å². The fourth-order valence-corrected chi connectivity index (χ4v) is 2.59. The van der Waals surface area contributed by atoms with E-state index in [1.54, 1.807) is 0 Å². The normalized spacial score (nSPS) is 13.2. The molecule has 0 aromatic heterocycles. The maximum absolute atomic E-state index is 12.3. The number of nitrogens with one attached hydrogen (secondary N) is 2. The zero-order valence-electron chi connectivity index (χ0n) is 14.3. The summed E-state index contributed by atoms with van der Waals surface area (Å²) in [6.07, 6.45) is 0. The van der Waals surface area contributed by atoms with Crippen molar-refractivity contribution in [2.24, 2.45) is 5.92 Å². The molecule has 0 radical (unpaired) electrons. The van der Waals surface area contributed by atoms with Gasteiger partial charge in [0.15, 0.2) is 0 Å². The number of hydrogen-bond acceptors (Lipinski definition) is 2. The van der Waals surface area contributed by atoms with E-state index < -0.39 is 11.8 Å². The molecule has 0 saturated heterocycles. The highest BCUT2D eigenvalue weighted by Crippen LogP contribution is 2.21. The molecule has 2 N–H and O–H groups in total. The van der Waals surface area contributed by atoms with Gasteiger partial charge in [-0.2, -0.15) is 0 Å². The molecule has 0 bridgehead atoms. The largest absolute Gasteiger partial charge is 0.341 e. The lowest BCUT2D eigenvalue weighted by atomic mass is 9.96. The van der Waals surface area contributed by atoms with Crippen LogP contribution < -0.4 is 10.6 Å². The average Bonchev–Trinajstić information content (AvgIpc) is 2.60. The Morgan fingerprint density at radius 3 is 1.67 bits per heavy atom. The Labute approximate surface area is 143 Å². The Hall–Kier alpha value is -2.62. The first kappa shape index (κ1) is 17.7. The van der Waals surface area contributed by atoms with Gasteiger partial charge in [-0.1, -0.05) is 74.5 Å². The molecular formula is C20H24N2O2. The third-order valence-corrected chi connectivity index (χ3v) is 3.97. The Morgan fingerprint density at radius 2 is 1.17 bits per heavy atom. The van der Waals surface area contributed by atoms with E-state index in [0.29, 0.717) is 0 Å². The predicted molar refractivity (Wildman–Crippen MR) is 95.2 cm³/mol. The summed E-state index contributed by atoms with van der Waals surface area (Å²) in [5.74, 6) is -1.05. The molecule has 0 aliphatic rings. The molecular weight excluding hydrogens is 300 g/mol. The second-order valence-electron chi connectivity index (χ2n) is 6.21. The zero-order chi connectivity index (χ0) is 17.5. The second kappa shape index (κ2) is 8.29. The molecule has 2 aromatic carbocycles. The van der Waals surface area contributed by atoms with Crippen molar-refractivity contribution >= 4 is 11.8 Å². The molecule has 4 heteroatoms. The fraction of sp³-hybridized carbons (Fsp3) is 0.300. The Bertz CT molecular complexity index is 669. The van der Waals surface area contributed by atoms with Crippen LogP contribution in [0.3, 0.4) is 0 Å². The molecule has 4 nitrogen and oxygen atoms in total. The monoisotopic (exact) mass is 324 g/mol. The molecule has 2 amide bonds. The lowest BCUT2D eigenvalue weighted by molar-refractivity contribution is -0.140. The summed E-state index contributed by atoms with van der Waals surface area (Å²) in [6.45, 7) is 5.89. The van der Waals surface area contributed by atoms with Crippen molar-refractivity contribution in [3.8, 4) is 0 Å². The highest BCUT2D eigenvalue weighted by Gasteiger charge is 2.23. The van der Waals surface area contributed by atoms with Gasteiger partial charge in [0, 0.05) is 0 Å². The third kappa shape index (κ3) is 4.69. The van der Waals surface area contributed by atoms with Crippen LogP contribution in [0.5, 0.6) is 0 Å². The van der Waals surface area contributed by atoms with Crippen molar-refractivity contribution in [2.75, 3.05) is 0 Å². The number of amides is 2. The maximum atomic E-state index is 12.3. The molecule has 24 heavy (non-hydrogen) atoms. The van der Waals surface area contributed by atoms with E-state index in [-0.39, 0.29) is 18.0 Å². The van der Waals surface area contributed by atoms with E-state index in [4.69, 9.17) is 0 Å². The fourth-order valence-electron chi connectivity index (χ4n) is 2.59. The van der Waals surface area contributed by atoms with Crippen LogP contribution >= 0.6 is 0 Å². The lowest BCUT2D eigenvalue weighted by Crippen LogP contribution is -2.43. The molecule has 0 heterocycles. The minimum absolute atomic E-state index is 0.177. The number of hydrogen-bond donors (Lipinski definition) is 2. The van der Waals surface area contributed by atoms with E-state index in [0.717, 1.165) is 11.1 Å². The third-order valence-electron chi connectivity index (χ3n) is 3.97. The van der Waals surface area contributed by atoms with Gasteiger partial charge < -0.3 is 10.6 Å². The predicted octanol–water partition coefficient (Wildman–Crippen LogP) is 3.38. The first-order chi connectivity index (χ1) is 11.5.